The van der Waals surface area contributed by atoms with E-state index in [4.69, 9.17) is 9.47 Å². The first kappa shape index (κ1) is 29.8. The number of rotatable bonds is 17. The van der Waals surface area contributed by atoms with Crippen molar-refractivity contribution in [1.29, 1.82) is 0 Å². The first-order valence-electron chi connectivity index (χ1n) is 14.2. The number of aliphatic carboxylic acids is 1. The van der Waals surface area contributed by atoms with E-state index in [1.54, 1.807) is 48.5 Å². The molecule has 8 heteroatoms. The number of Topliss-reactive ketones (excluding diaryl/α,β-unsaturated/α-hetero) is 1. The number of benzene rings is 3. The number of para-hydroxylation sites is 2. The van der Waals surface area contributed by atoms with Crippen molar-refractivity contribution in [1.82, 2.24) is 5.32 Å². The minimum atomic E-state index is -1.02. The van der Waals surface area contributed by atoms with Gasteiger partial charge < -0.3 is 25.2 Å². The third-order valence-electron chi connectivity index (χ3n) is 7.24. The Morgan fingerprint density at radius 3 is 2.34 bits per heavy atom. The van der Waals surface area contributed by atoms with Crippen molar-refractivity contribution < 1.29 is 29.0 Å². The maximum atomic E-state index is 12.5. The molecule has 3 aromatic carbocycles. The van der Waals surface area contributed by atoms with Gasteiger partial charge >= 0.3 is 11.9 Å². The number of carbonyl (C=O) groups excluding carboxylic acids is 2. The van der Waals surface area contributed by atoms with Crippen molar-refractivity contribution in [2.75, 3.05) is 25.0 Å². The predicted octanol–water partition coefficient (Wildman–Crippen LogP) is 5.52. The summed E-state index contributed by atoms with van der Waals surface area (Å²) >= 11 is 0. The number of carbonyl (C=O) groups is 3. The molecule has 0 aliphatic heterocycles. The van der Waals surface area contributed by atoms with Gasteiger partial charge in [-0.3, -0.25) is 4.79 Å². The van der Waals surface area contributed by atoms with Crippen molar-refractivity contribution >= 4 is 23.4 Å². The molecule has 1 fully saturated rings. The molecule has 0 amide bonds. The van der Waals surface area contributed by atoms with Crippen LogP contribution >= 0.6 is 0 Å². The van der Waals surface area contributed by atoms with Crippen LogP contribution in [-0.2, 0) is 16.0 Å². The van der Waals surface area contributed by atoms with Crippen LogP contribution in [0.15, 0.2) is 78.9 Å². The molecule has 0 heterocycles. The van der Waals surface area contributed by atoms with E-state index < -0.39 is 18.0 Å². The lowest BCUT2D eigenvalue weighted by atomic mass is 9.97. The number of nitrogens with one attached hydrogen (secondary N) is 2. The Balaban J connectivity index is 1.24. The van der Waals surface area contributed by atoms with Crippen molar-refractivity contribution in [3.8, 4) is 11.5 Å². The number of anilines is 1. The fraction of sp³-hybridized carbons (Fsp3) is 0.364. The molecular weight excluding hydrogens is 520 g/mol. The molecule has 0 radical (unpaired) electrons. The zero-order chi connectivity index (χ0) is 29.1. The number of hydrogen-bond acceptors (Lipinski definition) is 7. The average molecular weight is 559 g/mol. The van der Waals surface area contributed by atoms with Gasteiger partial charge in [0.15, 0.2) is 5.75 Å². The van der Waals surface area contributed by atoms with E-state index in [0.717, 1.165) is 44.3 Å². The van der Waals surface area contributed by atoms with E-state index >= 15 is 0 Å². The lowest BCUT2D eigenvalue weighted by Gasteiger charge is -2.18. The molecule has 8 nitrogen and oxygen atoms in total. The van der Waals surface area contributed by atoms with Crippen LogP contribution in [-0.4, -0.2) is 48.6 Å². The van der Waals surface area contributed by atoms with E-state index in [1.807, 2.05) is 37.3 Å². The summed E-state index contributed by atoms with van der Waals surface area (Å²) in [6.07, 6.45) is 4.60. The molecule has 216 valence electrons. The van der Waals surface area contributed by atoms with Gasteiger partial charge in [0.25, 0.3) is 0 Å². The van der Waals surface area contributed by atoms with Gasteiger partial charge in [0.2, 0.25) is 0 Å². The van der Waals surface area contributed by atoms with Crippen LogP contribution < -0.4 is 20.1 Å². The van der Waals surface area contributed by atoms with Gasteiger partial charge in [-0.25, -0.2) is 9.59 Å². The molecule has 4 rings (SSSR count). The molecule has 1 aliphatic carbocycles. The Labute approximate surface area is 241 Å². The molecule has 1 unspecified atom stereocenters. The van der Waals surface area contributed by atoms with Crippen molar-refractivity contribution in [3.63, 3.8) is 0 Å². The zero-order valence-electron chi connectivity index (χ0n) is 23.4. The van der Waals surface area contributed by atoms with Crippen LogP contribution in [0.5, 0.6) is 11.5 Å². The molecule has 1 aliphatic rings. The zero-order valence-corrected chi connectivity index (χ0v) is 23.4. The van der Waals surface area contributed by atoms with E-state index in [1.165, 1.54) is 0 Å². The number of hydrogen-bond donors (Lipinski definition) is 3. The highest BCUT2D eigenvalue weighted by Crippen LogP contribution is 2.46. The van der Waals surface area contributed by atoms with E-state index in [0.29, 0.717) is 35.8 Å². The highest BCUT2D eigenvalue weighted by atomic mass is 16.5. The van der Waals surface area contributed by atoms with Crippen molar-refractivity contribution in [2.45, 2.75) is 51.5 Å². The monoisotopic (exact) mass is 558 g/mol. The largest absolute Gasteiger partial charge is 0.494 e. The van der Waals surface area contributed by atoms with Gasteiger partial charge in [-0.15, -0.1) is 0 Å². The molecule has 1 atom stereocenters. The lowest BCUT2D eigenvalue weighted by molar-refractivity contribution is -0.137. The molecule has 3 N–H and O–H groups in total. The number of carboxylic acid groups (broad SMARTS) is 1. The third kappa shape index (κ3) is 8.66. The fourth-order valence-electron chi connectivity index (χ4n) is 4.67. The van der Waals surface area contributed by atoms with Gasteiger partial charge in [0.1, 0.15) is 17.6 Å². The summed E-state index contributed by atoms with van der Waals surface area (Å²) in [5, 5.41) is 16.3. The minimum Gasteiger partial charge on any atom is -0.494 e. The first-order chi connectivity index (χ1) is 19.9. The number of ether oxygens (including phenoxy) is 2. The summed E-state index contributed by atoms with van der Waals surface area (Å²) in [6.45, 7) is 4.12. The average Bonchev–Trinajstić information content (AvgIpc) is 3.78. The van der Waals surface area contributed by atoms with Crippen molar-refractivity contribution in [2.24, 2.45) is 5.41 Å². The molecular formula is C33H38N2O6. The van der Waals surface area contributed by atoms with Gasteiger partial charge in [-0.1, -0.05) is 49.4 Å². The van der Waals surface area contributed by atoms with E-state index in [-0.39, 0.29) is 17.6 Å². The summed E-state index contributed by atoms with van der Waals surface area (Å²) in [6, 6.07) is 21.8. The summed E-state index contributed by atoms with van der Waals surface area (Å²) in [4.78, 5) is 36.8. The maximum Gasteiger partial charge on any atom is 0.343 e. The second-order valence-electron chi connectivity index (χ2n) is 10.5. The van der Waals surface area contributed by atoms with Crippen LogP contribution in [0.4, 0.5) is 5.69 Å². The second-order valence-corrected chi connectivity index (χ2v) is 10.5. The van der Waals surface area contributed by atoms with E-state index in [2.05, 4.69) is 10.6 Å². The topological polar surface area (TPSA) is 114 Å². The predicted molar refractivity (Wildman–Crippen MR) is 158 cm³/mol. The Bertz CT molecular complexity index is 1300. The molecule has 0 spiro atoms. The van der Waals surface area contributed by atoms with Gasteiger partial charge in [0, 0.05) is 24.8 Å². The third-order valence-corrected chi connectivity index (χ3v) is 7.24. The summed E-state index contributed by atoms with van der Waals surface area (Å²) in [5.74, 6) is -0.187. The maximum absolute atomic E-state index is 12.5. The molecule has 41 heavy (non-hydrogen) atoms. The Morgan fingerprint density at radius 2 is 1.66 bits per heavy atom. The van der Waals surface area contributed by atoms with Gasteiger partial charge in [-0.2, -0.15) is 0 Å². The molecule has 1 saturated carbocycles. The van der Waals surface area contributed by atoms with Crippen LogP contribution in [0.1, 0.15) is 54.9 Å². The normalized spacial score (nSPS) is 14.1. The van der Waals surface area contributed by atoms with Gasteiger partial charge in [-0.05, 0) is 74.2 Å². The SMILES string of the molecule is CCCC(=O)C1(CNCCCOc2ccc(CC(Nc3ccccc3OC(=O)c3ccccc3)C(=O)O)cc2)CC1. The summed E-state index contributed by atoms with van der Waals surface area (Å²) in [5.41, 5.74) is 1.52. The molecule has 0 aromatic heterocycles. The first-order valence-corrected chi connectivity index (χ1v) is 14.2. The second kappa shape index (κ2) is 14.5. The number of esters is 1. The summed E-state index contributed by atoms with van der Waals surface area (Å²) in [7, 11) is 0. The smallest absolute Gasteiger partial charge is 0.343 e. The van der Waals surface area contributed by atoms with Crippen LogP contribution in [0.25, 0.3) is 0 Å². The Kier molecular flexibility index (Phi) is 10.5. The Morgan fingerprint density at radius 1 is 0.951 bits per heavy atom. The Hall–Kier alpha value is -4.17. The highest BCUT2D eigenvalue weighted by Gasteiger charge is 2.47. The van der Waals surface area contributed by atoms with Crippen molar-refractivity contribution in [3.05, 3.63) is 90.0 Å². The number of ketones is 1. The van der Waals surface area contributed by atoms with Crippen LogP contribution in [0, 0.1) is 5.41 Å². The molecule has 3 aromatic rings. The number of carboxylic acids is 1. The standard InChI is InChI=1S/C33H38N2O6/c1-2-9-30(36)33(18-19-33)23-34-20-8-21-40-26-16-14-24(15-17-26)22-28(31(37)38)35-27-12-6-7-13-29(27)41-32(39)25-10-4-3-5-11-25/h3-7,10-17,28,34-35H,2,8-9,18-23H2,1H3,(H,37,38). The fourth-order valence-corrected chi connectivity index (χ4v) is 4.67. The summed E-state index contributed by atoms with van der Waals surface area (Å²) < 4.78 is 11.4. The van der Waals surface area contributed by atoms with Crippen LogP contribution in [0.2, 0.25) is 0 Å². The highest BCUT2D eigenvalue weighted by molar-refractivity contribution is 5.92. The van der Waals surface area contributed by atoms with Crippen LogP contribution in [0.3, 0.4) is 0 Å². The lowest BCUT2D eigenvalue weighted by Crippen LogP contribution is -2.31. The minimum absolute atomic E-state index is 0.121. The van der Waals surface area contributed by atoms with E-state index in [9.17, 15) is 19.5 Å². The molecule has 0 bridgehead atoms. The molecule has 0 saturated heterocycles. The van der Waals surface area contributed by atoms with Gasteiger partial charge in [0.05, 0.1) is 17.9 Å². The quantitative estimate of drug-likeness (QED) is 0.113.